The van der Waals surface area contributed by atoms with Crippen LogP contribution in [0.3, 0.4) is 0 Å². The van der Waals surface area contributed by atoms with Crippen molar-refractivity contribution in [3.63, 3.8) is 0 Å². The van der Waals surface area contributed by atoms with Crippen LogP contribution in [-0.2, 0) is 37.9 Å². The lowest BCUT2D eigenvalue weighted by molar-refractivity contribution is -0.929. The summed E-state index contributed by atoms with van der Waals surface area (Å²) in [5.41, 5.74) is 0. The lowest BCUT2D eigenvalue weighted by Gasteiger charge is -2.04. The van der Waals surface area contributed by atoms with E-state index in [0.717, 1.165) is 59.5 Å². The Labute approximate surface area is 574 Å². The van der Waals surface area contributed by atoms with E-state index in [1.807, 2.05) is 69.2 Å². The lowest BCUT2D eigenvalue weighted by Crippen LogP contribution is -3.10. The second-order valence-corrected chi connectivity index (χ2v) is 56.1. The van der Waals surface area contributed by atoms with Crippen molar-refractivity contribution in [3.05, 3.63) is 0 Å². The molecule has 1 unspecified atom stereocenters. The molecule has 1 rings (SSSR count). The van der Waals surface area contributed by atoms with Gasteiger partial charge in [0.15, 0.2) is 6.54 Å². The maximum Gasteiger partial charge on any atom is 0.643 e. The van der Waals surface area contributed by atoms with Gasteiger partial charge in [-0.25, -0.2) is 131 Å². The lowest BCUT2D eigenvalue weighted by atomic mass is 10.3. The van der Waals surface area contributed by atoms with Crippen molar-refractivity contribution in [1.29, 1.82) is 0 Å². The van der Waals surface area contributed by atoms with E-state index in [1.54, 1.807) is 76.0 Å². The molecule has 0 aromatic heterocycles. The third kappa shape index (κ3) is 142. The van der Waals surface area contributed by atoms with E-state index in [9.17, 15) is 0 Å². The highest BCUT2D eigenvalue weighted by atomic mass is 35.8. The Balaban J connectivity index is -0.0000000580. The van der Waals surface area contributed by atoms with Crippen LogP contribution in [-0.4, -0.2) is 256 Å². The van der Waals surface area contributed by atoms with E-state index in [1.165, 1.54) is 32.5 Å². The molecule has 450 valence electrons. The minimum absolute atomic E-state index is 0. The predicted octanol–water partition coefficient (Wildman–Crippen LogP) is 11.8. The quantitative estimate of drug-likeness (QED) is 0.0786. The molecule has 0 aliphatic carbocycles. The number of halogens is 14. The van der Waals surface area contributed by atoms with E-state index in [0.29, 0.717) is 0 Å². The third-order valence-corrected chi connectivity index (χ3v) is 34.0. The van der Waals surface area contributed by atoms with Gasteiger partial charge in [-0.05, 0) is 6.42 Å². The van der Waals surface area contributed by atoms with Crippen LogP contribution in [0.15, 0.2) is 0 Å². The van der Waals surface area contributed by atoms with Crippen LogP contribution < -0.4 is 17.3 Å². The van der Waals surface area contributed by atoms with Crippen molar-refractivity contribution in [2.45, 2.75) is 142 Å². The Kier molecular flexibility index (Phi) is 152. The Hall–Kier alpha value is 9.15. The van der Waals surface area contributed by atoms with Crippen molar-refractivity contribution in [2.75, 3.05) is 97.4 Å². The molecule has 0 amide bonds. The minimum atomic E-state index is -1.72. The van der Waals surface area contributed by atoms with Crippen LogP contribution in [0, 0.1) is 0 Å². The van der Waals surface area contributed by atoms with Crippen molar-refractivity contribution >= 4 is 284 Å². The van der Waals surface area contributed by atoms with Crippen molar-refractivity contribution in [1.82, 2.24) is 0 Å². The molecule has 1 aliphatic heterocycles. The second kappa shape index (κ2) is 102. The van der Waals surface area contributed by atoms with Crippen LogP contribution in [0.1, 0.15) is 89.0 Å². The van der Waals surface area contributed by atoms with Gasteiger partial charge in [0.2, 0.25) is 0 Å². The normalized spacial score (nSPS) is 10.6. The molecule has 0 saturated carbocycles. The summed E-state index contributed by atoms with van der Waals surface area (Å²) in [5, 5.41) is 10.1. The zero-order valence-electron chi connectivity index (χ0n) is 49.7. The van der Waals surface area contributed by atoms with Gasteiger partial charge in [-0.15, -0.1) is 0 Å². The maximum absolute atomic E-state index is 5.57. The molecule has 75 heavy (non-hydrogen) atoms. The molecular weight excluding hydrogens is 1440 g/mol. The predicted molar refractivity (Wildman–Crippen MR) is 357 cm³/mol. The fourth-order valence-electron chi connectivity index (χ4n) is 3.09. The molecule has 1 fully saturated rings. The average molecular weight is 1540 g/mol. The topological polar surface area (TPSA) is 99.8 Å². The summed E-state index contributed by atoms with van der Waals surface area (Å²) in [6, 6.07) is 0. The van der Waals surface area contributed by atoms with Crippen LogP contribution in [0.2, 0.25) is 52.8 Å². The molecule has 0 radical (unpaired) electrons. The van der Waals surface area contributed by atoms with E-state index < -0.39 is 147 Å². The Morgan fingerprint density at radius 1 is 0.347 bits per heavy atom. The highest BCUT2D eigenvalue weighted by Gasteiger charge is 2.22. The van der Waals surface area contributed by atoms with Gasteiger partial charge in [0, 0.05) is 71.1 Å². The maximum atomic E-state index is 5.57. The Bertz CT molecular complexity index is 754. The molecule has 1 N–H and O–H groups in total. The molecule has 0 bridgehead atoms. The Morgan fingerprint density at radius 2 is 0.493 bits per heavy atom. The largest absolute Gasteiger partial charge is 1.00 e. The molecule has 0 spiro atoms. The van der Waals surface area contributed by atoms with Gasteiger partial charge in [-0.2, -0.15) is 4.58 Å². The molecule has 1 atom stereocenters. The summed E-state index contributed by atoms with van der Waals surface area (Å²) >= 11 is -13.6. The van der Waals surface area contributed by atoms with Gasteiger partial charge in [-0.3, -0.25) is 4.90 Å². The van der Waals surface area contributed by atoms with Crippen molar-refractivity contribution in [2.24, 2.45) is 0 Å². The molecule has 1 aliphatic rings. The first-order valence-corrected chi connectivity index (χ1v) is 60.2. The summed E-state index contributed by atoms with van der Waals surface area (Å²) in [7, 11) is 87.1. The second-order valence-electron chi connectivity index (χ2n) is 13.9. The number of rotatable bonds is 23. The van der Waals surface area contributed by atoms with Crippen LogP contribution in [0.25, 0.3) is 0 Å². The summed E-state index contributed by atoms with van der Waals surface area (Å²) in [5.74, 6) is 0. The first kappa shape index (κ1) is 112. The molecule has 37 heteroatoms. The zero-order chi connectivity index (χ0) is 60.9. The molecule has 0 aromatic rings. The highest BCUT2D eigenvalue weighted by Crippen LogP contribution is 2.00. The van der Waals surface area contributed by atoms with Crippen molar-refractivity contribution in [3.8, 4) is 0 Å². The van der Waals surface area contributed by atoms with Gasteiger partial charge >= 0.3 is 147 Å². The van der Waals surface area contributed by atoms with E-state index >= 15 is 0 Å². The highest BCUT2D eigenvalue weighted by molar-refractivity contribution is 7.54. The van der Waals surface area contributed by atoms with E-state index in [2.05, 4.69) is 18.2 Å². The monoisotopic (exact) mass is 1530 g/mol. The minimum Gasteiger partial charge on any atom is -1.00 e. The van der Waals surface area contributed by atoms with Crippen LogP contribution in [0.4, 0.5) is 0 Å². The fourth-order valence-corrected chi connectivity index (χ4v) is 6.42. The smallest absolute Gasteiger partial charge is 0.643 e. The van der Waals surface area contributed by atoms with E-state index in [4.69, 9.17) is 169 Å². The number of hydrogen-bond acceptors (Lipinski definition) is 10. The van der Waals surface area contributed by atoms with Crippen molar-refractivity contribution < 1.29 is 59.8 Å². The van der Waals surface area contributed by atoms with E-state index in [-0.39, 0.29) is 12.4 Å². The third-order valence-electron chi connectivity index (χ3n) is 7.88. The SMILES string of the molecule is C=[N+]1CC[NH+](CCCC)C1.C[CH2][Al]([Cl])[O]C.C[CH2][Al]([Cl])[O]C.C[CH2][Al]([Cl])[O]C.C[CH2][Al]([Cl])[O]C.C[CH2][Al]([Cl])[O]C.C[CH2][Al]([Cl])[O]C.C[CH2][Al]([Cl])[O]C.C[CH2][Al]([Cl])[O]C.C[CH2][Al]([Cl])[O]C.C[CH2][Al]([Cl])[O]C.[Cl-].[Cl][Al]([Cl])[Cl]. The number of hydrogen-bond donors (Lipinski definition) is 1. The summed E-state index contributed by atoms with van der Waals surface area (Å²) in [6.07, 6.45) is 2.68. The number of nitrogens with zero attached hydrogens (tertiary/aromatic N) is 1. The number of nitrogens with one attached hydrogen (secondary N) is 1. The molecule has 1 saturated heterocycles. The van der Waals surface area contributed by atoms with Gasteiger partial charge < -0.3 is 50.3 Å². The van der Waals surface area contributed by atoms with Crippen LogP contribution in [0.5, 0.6) is 0 Å². The fraction of sp³-hybridized carbons (Fsp3) is 0.974. The molecule has 12 nitrogen and oxygen atoms in total. The molecular formula is C38H98Al11Cl14N2O10+. The average Bonchev–Trinajstić information content (AvgIpc) is 3.87. The molecule has 0 aromatic carbocycles. The van der Waals surface area contributed by atoms with Gasteiger partial charge in [-0.1, -0.05) is 135 Å². The first-order valence-electron chi connectivity index (χ1n) is 24.6. The van der Waals surface area contributed by atoms with Gasteiger partial charge in [0.25, 0.3) is 6.67 Å². The Morgan fingerprint density at radius 3 is 0.560 bits per heavy atom. The first-order chi connectivity index (χ1) is 34.6. The summed E-state index contributed by atoms with van der Waals surface area (Å²) < 4.78 is 50.2. The van der Waals surface area contributed by atoms with Gasteiger partial charge in [0.05, 0.1) is 6.54 Å². The van der Waals surface area contributed by atoms with Gasteiger partial charge in [0.1, 0.15) is 13.3 Å². The standard InChI is InChI=1S/C8H17N2.10C2H5.10CH3O.11Al.14ClH/c1-3-4-5-10-7-6-9(2)8-10;20*1-2;;;;;;;;;;;;;;;;;;;;;;;;;/h2-8H2,1H3;10*1H2,2H3;10*1H3;;;;;;;;;;;;14*1H/q+1;;;;;;;;;;;10*-1;10*+2;+3;;;;;;;;;;;;;;/p-13. The summed E-state index contributed by atoms with van der Waals surface area (Å²) in [6.45, 7) is 31.5. The zero-order valence-corrected chi connectivity index (χ0v) is 73.0. The van der Waals surface area contributed by atoms with Crippen LogP contribution >= 0.6 is 131 Å². The number of quaternary nitrogens is 1. The molecule has 1 heterocycles. The summed E-state index contributed by atoms with van der Waals surface area (Å²) in [4.78, 5) is 1.71. The number of unbranched alkanes of at least 4 members (excludes halogenated alkanes) is 1.